The minimum Gasteiger partial charge on any atom is -0.356 e. The van der Waals surface area contributed by atoms with Gasteiger partial charge in [-0.05, 0) is 47.2 Å². The van der Waals surface area contributed by atoms with Gasteiger partial charge in [0.25, 0.3) is 0 Å². The van der Waals surface area contributed by atoms with E-state index in [0.717, 1.165) is 37.9 Å². The summed E-state index contributed by atoms with van der Waals surface area (Å²) in [6.45, 7) is 4.85. The zero-order valence-electron chi connectivity index (χ0n) is 13.5. The van der Waals surface area contributed by atoms with Crippen LogP contribution in [0.4, 0.5) is 19.0 Å². The molecule has 2 rings (SSSR count). The Morgan fingerprint density at radius 2 is 1.77 bits per heavy atom. The Morgan fingerprint density at radius 1 is 1.09 bits per heavy atom. The maximum atomic E-state index is 12.9. The third kappa shape index (κ3) is 3.69. The van der Waals surface area contributed by atoms with Crippen LogP contribution >= 0.6 is 0 Å². The Bertz CT molecular complexity index is 528. The van der Waals surface area contributed by atoms with Crippen molar-refractivity contribution in [3.8, 4) is 0 Å². The predicted molar refractivity (Wildman–Crippen MR) is 80.0 cm³/mol. The van der Waals surface area contributed by atoms with Crippen LogP contribution in [0.25, 0.3) is 0 Å². The smallest absolute Gasteiger partial charge is 0.356 e. The van der Waals surface area contributed by atoms with E-state index in [1.54, 1.807) is 13.8 Å². The van der Waals surface area contributed by atoms with Gasteiger partial charge in [0.2, 0.25) is 5.82 Å². The summed E-state index contributed by atoms with van der Waals surface area (Å²) in [5, 5.41) is 0. The molecule has 124 valence electrons. The van der Waals surface area contributed by atoms with Crippen LogP contribution in [-0.2, 0) is 6.18 Å². The average Bonchev–Trinajstić information content (AvgIpc) is 2.66. The minimum absolute atomic E-state index is 0.394. The molecule has 0 radical (unpaired) electrons. The molecule has 7 heteroatoms. The highest BCUT2D eigenvalue weighted by Crippen LogP contribution is 2.31. The lowest BCUT2D eigenvalue weighted by Crippen LogP contribution is -2.31. The van der Waals surface area contributed by atoms with E-state index in [2.05, 4.69) is 14.9 Å². The molecule has 0 N–H and O–H groups in total. The Morgan fingerprint density at radius 3 is 2.36 bits per heavy atom. The number of halogens is 3. The van der Waals surface area contributed by atoms with Gasteiger partial charge in [-0.3, -0.25) is 0 Å². The van der Waals surface area contributed by atoms with Gasteiger partial charge in [0.15, 0.2) is 0 Å². The number of rotatable bonds is 2. The minimum atomic E-state index is -4.51. The van der Waals surface area contributed by atoms with E-state index in [-0.39, 0.29) is 0 Å². The van der Waals surface area contributed by atoms with Crippen LogP contribution in [-0.4, -0.2) is 48.1 Å². The van der Waals surface area contributed by atoms with E-state index >= 15 is 0 Å². The predicted octanol–water partition coefficient (Wildman–Crippen LogP) is 3.03. The van der Waals surface area contributed by atoms with Crippen molar-refractivity contribution >= 4 is 5.82 Å². The van der Waals surface area contributed by atoms with Crippen molar-refractivity contribution in [2.45, 2.75) is 45.3 Å². The van der Waals surface area contributed by atoms with E-state index in [4.69, 9.17) is 0 Å². The number of alkyl halides is 3. The quantitative estimate of drug-likeness (QED) is 0.839. The van der Waals surface area contributed by atoms with Gasteiger partial charge in [-0.1, -0.05) is 0 Å². The second kappa shape index (κ2) is 6.40. The average molecular weight is 316 g/mol. The van der Waals surface area contributed by atoms with Crippen molar-refractivity contribution < 1.29 is 13.2 Å². The summed E-state index contributed by atoms with van der Waals surface area (Å²) in [6, 6.07) is 0.468. The first-order chi connectivity index (χ1) is 10.2. The maximum absolute atomic E-state index is 12.9. The van der Waals surface area contributed by atoms with Crippen molar-refractivity contribution in [3.05, 3.63) is 17.1 Å². The van der Waals surface area contributed by atoms with E-state index < -0.39 is 12.0 Å². The Balaban J connectivity index is 2.30. The van der Waals surface area contributed by atoms with Crippen molar-refractivity contribution in [1.29, 1.82) is 0 Å². The molecule has 1 unspecified atom stereocenters. The molecule has 0 aliphatic carbocycles. The third-order valence-electron chi connectivity index (χ3n) is 4.34. The molecule has 0 aromatic carbocycles. The Hall–Kier alpha value is -1.37. The fraction of sp³-hybridized carbons (Fsp3) is 0.733. The molecule has 0 saturated carbocycles. The molecule has 1 aliphatic heterocycles. The summed E-state index contributed by atoms with van der Waals surface area (Å²) in [5.41, 5.74) is 1.13. The topological polar surface area (TPSA) is 32.3 Å². The molecule has 1 aliphatic rings. The number of aromatic nitrogens is 2. The van der Waals surface area contributed by atoms with Gasteiger partial charge >= 0.3 is 6.18 Å². The lowest BCUT2D eigenvalue weighted by Gasteiger charge is -2.26. The maximum Gasteiger partial charge on any atom is 0.451 e. The molecule has 22 heavy (non-hydrogen) atoms. The molecule has 4 nitrogen and oxygen atoms in total. The molecule has 1 fully saturated rings. The van der Waals surface area contributed by atoms with Gasteiger partial charge in [0, 0.05) is 30.4 Å². The molecular formula is C15H23F3N4. The Labute approximate surface area is 129 Å². The molecule has 2 heterocycles. The van der Waals surface area contributed by atoms with Gasteiger partial charge in [0.05, 0.1) is 0 Å². The van der Waals surface area contributed by atoms with Gasteiger partial charge in [-0.15, -0.1) is 0 Å². The molecule has 0 spiro atoms. The van der Waals surface area contributed by atoms with Gasteiger partial charge in [-0.2, -0.15) is 13.2 Å². The lowest BCUT2D eigenvalue weighted by atomic mass is 10.1. The van der Waals surface area contributed by atoms with Crippen LogP contribution in [0, 0.1) is 13.8 Å². The van der Waals surface area contributed by atoms with E-state index in [1.165, 1.54) is 0 Å². The molecule has 1 aromatic rings. The van der Waals surface area contributed by atoms with Crippen LogP contribution in [0.5, 0.6) is 0 Å². The molecule has 0 amide bonds. The molecule has 1 atom stereocenters. The number of anilines is 1. The van der Waals surface area contributed by atoms with Crippen LogP contribution in [0.3, 0.4) is 0 Å². The normalized spacial score (nSPS) is 20.4. The number of hydrogen-bond acceptors (Lipinski definition) is 4. The second-order valence-electron chi connectivity index (χ2n) is 6.11. The standard InChI is InChI=1S/C15H23F3N4/c1-10-11(2)19-14(15(16,17)18)20-13(10)22-8-5-6-12(7-9-22)21(3)4/h12H,5-9H2,1-4H3. The largest absolute Gasteiger partial charge is 0.451 e. The summed E-state index contributed by atoms with van der Waals surface area (Å²) in [6.07, 6.45) is -1.58. The number of nitrogens with zero attached hydrogens (tertiary/aromatic N) is 4. The summed E-state index contributed by atoms with van der Waals surface area (Å²) < 4.78 is 38.8. The molecule has 1 saturated heterocycles. The van der Waals surface area contributed by atoms with Gasteiger partial charge in [0.1, 0.15) is 5.82 Å². The van der Waals surface area contributed by atoms with Crippen molar-refractivity contribution in [2.75, 3.05) is 32.1 Å². The monoisotopic (exact) mass is 316 g/mol. The van der Waals surface area contributed by atoms with E-state index in [9.17, 15) is 13.2 Å². The fourth-order valence-electron chi connectivity index (χ4n) is 2.86. The van der Waals surface area contributed by atoms with Crippen LogP contribution in [0.2, 0.25) is 0 Å². The summed E-state index contributed by atoms with van der Waals surface area (Å²) in [5.74, 6) is -0.613. The highest BCUT2D eigenvalue weighted by Gasteiger charge is 2.36. The highest BCUT2D eigenvalue weighted by molar-refractivity contribution is 5.48. The molecular weight excluding hydrogens is 293 g/mol. The van der Waals surface area contributed by atoms with Crippen molar-refractivity contribution in [3.63, 3.8) is 0 Å². The van der Waals surface area contributed by atoms with E-state index in [0.29, 0.717) is 17.6 Å². The zero-order valence-corrected chi connectivity index (χ0v) is 13.5. The molecule has 0 bridgehead atoms. The van der Waals surface area contributed by atoms with Gasteiger partial charge < -0.3 is 9.80 Å². The second-order valence-corrected chi connectivity index (χ2v) is 6.11. The van der Waals surface area contributed by atoms with E-state index in [1.807, 2.05) is 19.0 Å². The van der Waals surface area contributed by atoms with Crippen molar-refractivity contribution in [2.24, 2.45) is 0 Å². The third-order valence-corrected chi connectivity index (χ3v) is 4.34. The molecule has 1 aromatic heterocycles. The SMILES string of the molecule is Cc1nc(C(F)(F)F)nc(N2CCCC(N(C)C)CC2)c1C. The first-order valence-electron chi connectivity index (χ1n) is 7.54. The van der Waals surface area contributed by atoms with Gasteiger partial charge in [-0.25, -0.2) is 9.97 Å². The summed E-state index contributed by atoms with van der Waals surface area (Å²) in [7, 11) is 4.09. The van der Waals surface area contributed by atoms with Crippen molar-refractivity contribution in [1.82, 2.24) is 14.9 Å². The number of hydrogen-bond donors (Lipinski definition) is 0. The van der Waals surface area contributed by atoms with Crippen LogP contribution < -0.4 is 4.90 Å². The summed E-state index contributed by atoms with van der Waals surface area (Å²) in [4.78, 5) is 11.6. The van der Waals surface area contributed by atoms with Crippen LogP contribution in [0.1, 0.15) is 36.3 Å². The zero-order chi connectivity index (χ0) is 16.5. The summed E-state index contributed by atoms with van der Waals surface area (Å²) >= 11 is 0. The fourth-order valence-corrected chi connectivity index (χ4v) is 2.86. The highest BCUT2D eigenvalue weighted by atomic mass is 19.4. The Kier molecular flexibility index (Phi) is 4.94. The number of aryl methyl sites for hydroxylation is 1. The first kappa shape index (κ1) is 17.0. The van der Waals surface area contributed by atoms with Crippen LogP contribution in [0.15, 0.2) is 0 Å². The lowest BCUT2D eigenvalue weighted by molar-refractivity contribution is -0.145. The first-order valence-corrected chi connectivity index (χ1v) is 7.54.